The molecule has 0 amide bonds. The van der Waals surface area contributed by atoms with Gasteiger partial charge in [-0.2, -0.15) is 0 Å². The molecule has 9 heteroatoms. The van der Waals surface area contributed by atoms with Gasteiger partial charge in [-0.05, 0) is 44.0 Å². The van der Waals surface area contributed by atoms with Crippen molar-refractivity contribution in [1.29, 1.82) is 0 Å². The zero-order valence-corrected chi connectivity index (χ0v) is 18.1. The smallest absolute Gasteiger partial charge is 0.287 e. The zero-order chi connectivity index (χ0) is 21.7. The highest BCUT2D eigenvalue weighted by atomic mass is 35.5. The summed E-state index contributed by atoms with van der Waals surface area (Å²) in [4.78, 5) is 21.1. The van der Waals surface area contributed by atoms with Crippen molar-refractivity contribution in [1.82, 2.24) is 14.5 Å². The van der Waals surface area contributed by atoms with Crippen molar-refractivity contribution in [2.24, 2.45) is 0 Å². The van der Waals surface area contributed by atoms with Crippen molar-refractivity contribution in [2.45, 2.75) is 30.9 Å². The summed E-state index contributed by atoms with van der Waals surface area (Å²) in [6.07, 6.45) is 5.13. The zero-order valence-electron chi connectivity index (χ0n) is 16.5. The molecule has 2 aromatic heterocycles. The first kappa shape index (κ1) is 22.3. The molecule has 0 saturated carbocycles. The summed E-state index contributed by atoms with van der Waals surface area (Å²) in [5.74, 6) is 0.477. The third-order valence-corrected chi connectivity index (χ3v) is 5.19. The summed E-state index contributed by atoms with van der Waals surface area (Å²) < 4.78 is 20.1. The Kier molecular flexibility index (Phi) is 7.12. The lowest BCUT2D eigenvalue weighted by Crippen LogP contribution is -2.28. The normalized spacial score (nSPS) is 11.5. The van der Waals surface area contributed by atoms with E-state index >= 15 is 0 Å². The van der Waals surface area contributed by atoms with Crippen molar-refractivity contribution in [3.05, 3.63) is 75.7 Å². The molecule has 0 radical (unpaired) electrons. The molecule has 6 nitrogen and oxygen atoms in total. The number of aryl methyl sites for hydroxylation is 1. The molecule has 1 aromatic carbocycles. The molecule has 3 aromatic rings. The van der Waals surface area contributed by atoms with E-state index in [4.69, 9.17) is 16.3 Å². The number of nitrogens with zero attached hydrogens (tertiary/aromatic N) is 3. The van der Waals surface area contributed by atoms with E-state index in [0.717, 1.165) is 5.56 Å². The van der Waals surface area contributed by atoms with E-state index in [1.165, 1.54) is 47.1 Å². The van der Waals surface area contributed by atoms with Crippen molar-refractivity contribution in [3.63, 3.8) is 0 Å². The lowest BCUT2D eigenvalue weighted by Gasteiger charge is -2.18. The number of thioether (sulfide) groups is 1. The van der Waals surface area contributed by atoms with Crippen molar-refractivity contribution >= 4 is 23.4 Å². The van der Waals surface area contributed by atoms with Crippen LogP contribution in [-0.4, -0.2) is 37.6 Å². The number of aromatic nitrogens is 3. The van der Waals surface area contributed by atoms with Gasteiger partial charge in [-0.3, -0.25) is 9.36 Å². The van der Waals surface area contributed by atoms with Crippen molar-refractivity contribution < 1.29 is 14.2 Å². The Hall–Kier alpha value is -2.42. The van der Waals surface area contributed by atoms with Crippen LogP contribution in [0.1, 0.15) is 19.4 Å². The molecular formula is C21H21ClFN3O3S. The molecule has 3 rings (SSSR count). The first-order valence-electron chi connectivity index (χ1n) is 9.19. The fourth-order valence-electron chi connectivity index (χ4n) is 2.55. The summed E-state index contributed by atoms with van der Waals surface area (Å²) in [7, 11) is 0. The molecule has 158 valence electrons. The van der Waals surface area contributed by atoms with E-state index in [0.29, 0.717) is 22.9 Å². The van der Waals surface area contributed by atoms with Gasteiger partial charge < -0.3 is 9.84 Å². The van der Waals surface area contributed by atoms with E-state index in [1.807, 2.05) is 6.07 Å². The Labute approximate surface area is 182 Å². The highest BCUT2D eigenvalue weighted by Crippen LogP contribution is 2.25. The molecule has 0 bridgehead atoms. The minimum Gasteiger partial charge on any atom is -0.474 e. The predicted octanol–water partition coefficient (Wildman–Crippen LogP) is 3.90. The van der Waals surface area contributed by atoms with Gasteiger partial charge in [0.1, 0.15) is 17.4 Å². The number of rotatable bonds is 8. The Balaban J connectivity index is 1.72. The van der Waals surface area contributed by atoms with E-state index in [-0.39, 0.29) is 28.9 Å². The lowest BCUT2D eigenvalue weighted by atomic mass is 10.2. The number of aliphatic hydroxyl groups is 1. The minimum atomic E-state index is -1.02. The molecule has 0 aliphatic heterocycles. The SMILES string of the molecule is CC(C)(O)COc1ncc(-n2ccnc(SCCc3cccc(F)c3)c2=O)cc1Cl. The molecule has 0 atom stereocenters. The van der Waals surface area contributed by atoms with Gasteiger partial charge in [-0.1, -0.05) is 23.7 Å². The van der Waals surface area contributed by atoms with E-state index in [9.17, 15) is 14.3 Å². The van der Waals surface area contributed by atoms with Crippen LogP contribution in [0.5, 0.6) is 5.88 Å². The molecule has 0 aliphatic rings. The molecule has 0 fully saturated rings. The Morgan fingerprint density at radius 3 is 2.80 bits per heavy atom. The summed E-state index contributed by atoms with van der Waals surface area (Å²) in [5.41, 5.74) is -0.000237. The molecule has 0 aliphatic carbocycles. The van der Waals surface area contributed by atoms with Crippen LogP contribution in [0.3, 0.4) is 0 Å². The average Bonchev–Trinajstić information content (AvgIpc) is 2.68. The fraction of sp³-hybridized carbons (Fsp3) is 0.286. The third kappa shape index (κ3) is 6.04. The van der Waals surface area contributed by atoms with Crippen LogP contribution in [0, 0.1) is 5.82 Å². The van der Waals surface area contributed by atoms with Gasteiger partial charge in [0.05, 0.1) is 17.5 Å². The topological polar surface area (TPSA) is 77.2 Å². The highest BCUT2D eigenvalue weighted by Gasteiger charge is 2.16. The quantitative estimate of drug-likeness (QED) is 0.525. The van der Waals surface area contributed by atoms with Crippen LogP contribution in [-0.2, 0) is 6.42 Å². The van der Waals surface area contributed by atoms with Crippen LogP contribution in [0.4, 0.5) is 4.39 Å². The number of hydrogen-bond acceptors (Lipinski definition) is 6. The Morgan fingerprint density at radius 1 is 1.30 bits per heavy atom. The summed E-state index contributed by atoms with van der Waals surface area (Å²) in [6.45, 7) is 3.25. The molecular weight excluding hydrogens is 429 g/mol. The largest absolute Gasteiger partial charge is 0.474 e. The van der Waals surface area contributed by atoms with Crippen LogP contribution in [0.2, 0.25) is 5.02 Å². The van der Waals surface area contributed by atoms with Gasteiger partial charge in [0.15, 0.2) is 5.03 Å². The van der Waals surface area contributed by atoms with Gasteiger partial charge >= 0.3 is 0 Å². The Bertz CT molecular complexity index is 1090. The fourth-order valence-corrected chi connectivity index (χ4v) is 3.66. The summed E-state index contributed by atoms with van der Waals surface area (Å²) in [5, 5.41) is 10.3. The number of ether oxygens (including phenoxy) is 1. The third-order valence-electron chi connectivity index (χ3n) is 3.96. The summed E-state index contributed by atoms with van der Waals surface area (Å²) in [6, 6.07) is 7.95. The monoisotopic (exact) mass is 449 g/mol. The molecule has 1 N–H and O–H groups in total. The maximum atomic E-state index is 13.3. The van der Waals surface area contributed by atoms with Gasteiger partial charge in [-0.25, -0.2) is 14.4 Å². The summed E-state index contributed by atoms with van der Waals surface area (Å²) >= 11 is 7.53. The second-order valence-electron chi connectivity index (χ2n) is 7.22. The van der Waals surface area contributed by atoms with Gasteiger partial charge in [0.2, 0.25) is 5.88 Å². The molecule has 30 heavy (non-hydrogen) atoms. The molecule has 0 saturated heterocycles. The van der Waals surface area contributed by atoms with Crippen LogP contribution < -0.4 is 10.3 Å². The number of benzene rings is 1. The van der Waals surface area contributed by atoms with E-state index in [2.05, 4.69) is 9.97 Å². The van der Waals surface area contributed by atoms with Crippen LogP contribution in [0.15, 0.2) is 58.7 Å². The first-order chi connectivity index (χ1) is 14.2. The number of halogens is 2. The van der Waals surface area contributed by atoms with E-state index < -0.39 is 5.60 Å². The maximum absolute atomic E-state index is 13.3. The number of pyridine rings is 1. The minimum absolute atomic E-state index is 0.0281. The second-order valence-corrected chi connectivity index (χ2v) is 8.71. The van der Waals surface area contributed by atoms with Crippen molar-refractivity contribution in [3.8, 4) is 11.6 Å². The van der Waals surface area contributed by atoms with Crippen LogP contribution in [0.25, 0.3) is 5.69 Å². The second kappa shape index (κ2) is 9.59. The molecule has 0 unspecified atom stereocenters. The van der Waals surface area contributed by atoms with Crippen molar-refractivity contribution in [2.75, 3.05) is 12.4 Å². The lowest BCUT2D eigenvalue weighted by molar-refractivity contribution is 0.0269. The van der Waals surface area contributed by atoms with Gasteiger partial charge in [-0.15, -0.1) is 11.8 Å². The maximum Gasteiger partial charge on any atom is 0.287 e. The Morgan fingerprint density at radius 2 is 2.10 bits per heavy atom. The molecule has 2 heterocycles. The van der Waals surface area contributed by atoms with Crippen LogP contribution >= 0.6 is 23.4 Å². The first-order valence-corrected chi connectivity index (χ1v) is 10.6. The standard InChI is InChI=1S/C21H21ClFN3O3S/c1-21(2,28)13-29-18-17(22)11-16(12-25-18)26-8-7-24-19(20(26)27)30-9-6-14-4-3-5-15(23)10-14/h3-5,7-8,10-12,28H,6,9,13H2,1-2H3. The average molecular weight is 450 g/mol. The number of hydrogen-bond donors (Lipinski definition) is 1. The van der Waals surface area contributed by atoms with Gasteiger partial charge in [0.25, 0.3) is 5.56 Å². The van der Waals surface area contributed by atoms with Gasteiger partial charge in [0, 0.05) is 18.1 Å². The predicted molar refractivity (Wildman–Crippen MR) is 115 cm³/mol. The molecule has 0 spiro atoms. The van der Waals surface area contributed by atoms with E-state index in [1.54, 1.807) is 26.0 Å². The highest BCUT2D eigenvalue weighted by molar-refractivity contribution is 7.99.